The van der Waals surface area contributed by atoms with Gasteiger partial charge < -0.3 is 5.32 Å². The van der Waals surface area contributed by atoms with Crippen LogP contribution in [0, 0.1) is 5.82 Å². The zero-order valence-corrected chi connectivity index (χ0v) is 16.4. The Balaban J connectivity index is 1.42. The van der Waals surface area contributed by atoms with E-state index in [4.69, 9.17) is 0 Å². The number of hydrogen-bond acceptors (Lipinski definition) is 5. The van der Waals surface area contributed by atoms with E-state index in [1.54, 1.807) is 11.3 Å². The SMILES string of the molecule is O=C(Cc1cccs1)NCCN1CCN(S(=O)(=O)c2ccc(F)cc2)CC1. The Bertz CT molecular complexity index is 846. The fraction of sp³-hybridized carbons (Fsp3) is 0.389. The summed E-state index contributed by atoms with van der Waals surface area (Å²) < 4.78 is 39.6. The molecule has 27 heavy (non-hydrogen) atoms. The number of hydrogen-bond donors (Lipinski definition) is 1. The first kappa shape index (κ1) is 19.9. The lowest BCUT2D eigenvalue weighted by atomic mass is 10.3. The summed E-state index contributed by atoms with van der Waals surface area (Å²) in [6.45, 7) is 3.17. The number of carbonyl (C=O) groups is 1. The van der Waals surface area contributed by atoms with Crippen molar-refractivity contribution in [2.24, 2.45) is 0 Å². The maximum Gasteiger partial charge on any atom is 0.243 e. The smallest absolute Gasteiger partial charge is 0.243 e. The Labute approximate surface area is 162 Å². The molecule has 6 nitrogen and oxygen atoms in total. The van der Waals surface area contributed by atoms with E-state index in [9.17, 15) is 17.6 Å². The van der Waals surface area contributed by atoms with Gasteiger partial charge in [-0.05, 0) is 35.7 Å². The third-order valence-electron chi connectivity index (χ3n) is 4.45. The Kier molecular flexibility index (Phi) is 6.59. The maximum atomic E-state index is 13.0. The van der Waals surface area contributed by atoms with Crippen molar-refractivity contribution < 1.29 is 17.6 Å². The predicted octanol–water partition coefficient (Wildman–Crippen LogP) is 1.55. The number of nitrogens with one attached hydrogen (secondary N) is 1. The average Bonchev–Trinajstić information content (AvgIpc) is 3.15. The summed E-state index contributed by atoms with van der Waals surface area (Å²) in [6.07, 6.45) is 0.390. The molecule has 9 heteroatoms. The Morgan fingerprint density at radius 1 is 1.11 bits per heavy atom. The van der Waals surface area contributed by atoms with Crippen LogP contribution in [0.1, 0.15) is 4.88 Å². The first-order valence-electron chi connectivity index (χ1n) is 8.72. The highest BCUT2D eigenvalue weighted by Crippen LogP contribution is 2.18. The Morgan fingerprint density at radius 3 is 2.44 bits per heavy atom. The lowest BCUT2D eigenvalue weighted by Crippen LogP contribution is -2.50. The molecule has 1 amide bonds. The number of amides is 1. The van der Waals surface area contributed by atoms with Crippen LogP contribution >= 0.6 is 11.3 Å². The first-order chi connectivity index (χ1) is 12.9. The van der Waals surface area contributed by atoms with Crippen LogP contribution in [0.2, 0.25) is 0 Å². The quantitative estimate of drug-likeness (QED) is 0.751. The van der Waals surface area contributed by atoms with Gasteiger partial charge in [0.1, 0.15) is 5.82 Å². The number of rotatable bonds is 7. The van der Waals surface area contributed by atoms with Crippen molar-refractivity contribution >= 4 is 27.3 Å². The molecule has 146 valence electrons. The van der Waals surface area contributed by atoms with Crippen LogP contribution in [-0.2, 0) is 21.2 Å². The monoisotopic (exact) mass is 411 g/mol. The molecule has 0 aliphatic carbocycles. The summed E-state index contributed by atoms with van der Waals surface area (Å²) in [6, 6.07) is 8.75. The van der Waals surface area contributed by atoms with E-state index in [1.165, 1.54) is 16.4 Å². The van der Waals surface area contributed by atoms with Crippen molar-refractivity contribution in [3.8, 4) is 0 Å². The minimum absolute atomic E-state index is 0.00465. The number of benzene rings is 1. The van der Waals surface area contributed by atoms with Gasteiger partial charge in [-0.2, -0.15) is 4.31 Å². The van der Waals surface area contributed by atoms with E-state index in [1.807, 2.05) is 17.5 Å². The zero-order valence-electron chi connectivity index (χ0n) is 14.8. The number of piperazine rings is 1. The highest BCUT2D eigenvalue weighted by atomic mass is 32.2. The summed E-state index contributed by atoms with van der Waals surface area (Å²) in [4.78, 5) is 15.2. The van der Waals surface area contributed by atoms with Crippen LogP contribution < -0.4 is 5.32 Å². The van der Waals surface area contributed by atoms with Crippen molar-refractivity contribution in [2.45, 2.75) is 11.3 Å². The average molecular weight is 412 g/mol. The second kappa shape index (κ2) is 8.92. The Morgan fingerprint density at radius 2 is 1.81 bits per heavy atom. The lowest BCUT2D eigenvalue weighted by Gasteiger charge is -2.33. The minimum atomic E-state index is -3.59. The van der Waals surface area contributed by atoms with Gasteiger partial charge in [0.05, 0.1) is 11.3 Å². The van der Waals surface area contributed by atoms with Gasteiger partial charge in [0.2, 0.25) is 15.9 Å². The molecule has 1 N–H and O–H groups in total. The van der Waals surface area contributed by atoms with Crippen LogP contribution in [-0.4, -0.2) is 62.8 Å². The van der Waals surface area contributed by atoms with E-state index in [2.05, 4.69) is 10.2 Å². The van der Waals surface area contributed by atoms with Gasteiger partial charge in [-0.15, -0.1) is 11.3 Å². The minimum Gasteiger partial charge on any atom is -0.355 e. The van der Waals surface area contributed by atoms with E-state index < -0.39 is 15.8 Å². The molecule has 0 atom stereocenters. The topological polar surface area (TPSA) is 69.7 Å². The number of thiophene rings is 1. The third kappa shape index (κ3) is 5.35. The molecule has 1 aliphatic heterocycles. The molecule has 0 spiro atoms. The summed E-state index contributed by atoms with van der Waals surface area (Å²) in [5.74, 6) is -0.463. The number of carbonyl (C=O) groups excluding carboxylic acids is 1. The van der Waals surface area contributed by atoms with E-state index in [0.29, 0.717) is 45.7 Å². The molecule has 0 saturated carbocycles. The van der Waals surface area contributed by atoms with Gasteiger partial charge in [-0.1, -0.05) is 6.07 Å². The molecule has 1 fully saturated rings. The molecule has 0 radical (unpaired) electrons. The molecule has 2 heterocycles. The summed E-state index contributed by atoms with van der Waals surface area (Å²) in [7, 11) is -3.59. The standard InChI is InChI=1S/C18H22FN3O3S2/c19-15-3-5-17(6-4-15)27(24,25)22-11-9-21(10-12-22)8-7-20-18(23)14-16-2-1-13-26-16/h1-6,13H,7-12,14H2,(H,20,23). The fourth-order valence-corrected chi connectivity index (χ4v) is 5.06. The molecule has 3 rings (SSSR count). The van der Waals surface area contributed by atoms with Gasteiger partial charge in [0.15, 0.2) is 0 Å². The molecule has 0 unspecified atom stereocenters. The van der Waals surface area contributed by atoms with Gasteiger partial charge in [0.25, 0.3) is 0 Å². The highest BCUT2D eigenvalue weighted by molar-refractivity contribution is 7.89. The van der Waals surface area contributed by atoms with E-state index in [0.717, 1.165) is 17.0 Å². The molecular formula is C18H22FN3O3S2. The third-order valence-corrected chi connectivity index (χ3v) is 7.24. The van der Waals surface area contributed by atoms with Crippen LogP contribution in [0.25, 0.3) is 0 Å². The van der Waals surface area contributed by atoms with Crippen molar-refractivity contribution in [3.05, 3.63) is 52.5 Å². The zero-order chi connectivity index (χ0) is 19.3. The molecule has 0 bridgehead atoms. The summed E-state index contributed by atoms with van der Waals surface area (Å²) in [5, 5.41) is 4.85. The molecule has 1 aliphatic rings. The molecular weight excluding hydrogens is 389 g/mol. The van der Waals surface area contributed by atoms with Gasteiger partial charge in [-0.25, -0.2) is 12.8 Å². The van der Waals surface area contributed by atoms with E-state index in [-0.39, 0.29) is 10.8 Å². The normalized spacial score (nSPS) is 16.3. The second-order valence-electron chi connectivity index (χ2n) is 6.31. The van der Waals surface area contributed by atoms with Crippen molar-refractivity contribution in [1.29, 1.82) is 0 Å². The van der Waals surface area contributed by atoms with Gasteiger partial charge in [-0.3, -0.25) is 9.69 Å². The van der Waals surface area contributed by atoms with Crippen molar-refractivity contribution in [1.82, 2.24) is 14.5 Å². The lowest BCUT2D eigenvalue weighted by molar-refractivity contribution is -0.120. The van der Waals surface area contributed by atoms with Gasteiger partial charge >= 0.3 is 0 Å². The van der Waals surface area contributed by atoms with Crippen molar-refractivity contribution in [2.75, 3.05) is 39.3 Å². The summed E-state index contributed by atoms with van der Waals surface area (Å²) >= 11 is 1.56. The van der Waals surface area contributed by atoms with Crippen LogP contribution in [0.15, 0.2) is 46.7 Å². The first-order valence-corrected chi connectivity index (χ1v) is 11.0. The molecule has 1 aromatic heterocycles. The number of nitrogens with zero attached hydrogens (tertiary/aromatic N) is 2. The molecule has 2 aromatic rings. The number of halogens is 1. The second-order valence-corrected chi connectivity index (χ2v) is 9.28. The van der Waals surface area contributed by atoms with Gasteiger partial charge in [0, 0.05) is 44.1 Å². The molecule has 1 aromatic carbocycles. The van der Waals surface area contributed by atoms with Crippen LogP contribution in [0.4, 0.5) is 4.39 Å². The van der Waals surface area contributed by atoms with Crippen molar-refractivity contribution in [3.63, 3.8) is 0 Å². The molecule has 1 saturated heterocycles. The largest absolute Gasteiger partial charge is 0.355 e. The Hall–Kier alpha value is -1.81. The van der Waals surface area contributed by atoms with Crippen LogP contribution in [0.3, 0.4) is 0 Å². The fourth-order valence-electron chi connectivity index (χ4n) is 2.94. The van der Waals surface area contributed by atoms with Crippen LogP contribution in [0.5, 0.6) is 0 Å². The predicted molar refractivity (Wildman–Crippen MR) is 103 cm³/mol. The van der Waals surface area contributed by atoms with E-state index >= 15 is 0 Å². The highest BCUT2D eigenvalue weighted by Gasteiger charge is 2.28. The number of sulfonamides is 1. The maximum absolute atomic E-state index is 13.0. The summed E-state index contributed by atoms with van der Waals surface area (Å²) in [5.41, 5.74) is 0.